The SMILES string of the molecule is CCOC(=O)c1ccc(NC(=O)/C=C/c2ccc(OCc3ccccc3)cc2)c(OCC)c1. The molecular formula is C27H27NO5. The molecule has 33 heavy (non-hydrogen) atoms. The number of esters is 1. The number of ether oxygens (including phenoxy) is 3. The van der Waals surface area contributed by atoms with E-state index in [1.807, 2.05) is 61.5 Å². The van der Waals surface area contributed by atoms with Gasteiger partial charge in [0.05, 0.1) is 24.5 Å². The Morgan fingerprint density at radius 3 is 2.33 bits per heavy atom. The summed E-state index contributed by atoms with van der Waals surface area (Å²) in [5.41, 5.74) is 2.80. The number of nitrogens with one attached hydrogen (secondary N) is 1. The maximum atomic E-state index is 12.4. The van der Waals surface area contributed by atoms with E-state index in [0.29, 0.717) is 30.2 Å². The minimum Gasteiger partial charge on any atom is -0.492 e. The number of hydrogen-bond donors (Lipinski definition) is 1. The van der Waals surface area contributed by atoms with Crippen LogP contribution in [0.5, 0.6) is 11.5 Å². The normalized spacial score (nSPS) is 10.6. The lowest BCUT2D eigenvalue weighted by atomic mass is 10.1. The highest BCUT2D eigenvalue weighted by Gasteiger charge is 2.12. The van der Waals surface area contributed by atoms with E-state index in [2.05, 4.69) is 5.32 Å². The van der Waals surface area contributed by atoms with Crippen molar-refractivity contribution in [3.63, 3.8) is 0 Å². The summed E-state index contributed by atoms with van der Waals surface area (Å²) in [6.07, 6.45) is 3.15. The molecule has 1 amide bonds. The van der Waals surface area contributed by atoms with E-state index >= 15 is 0 Å². The molecule has 0 spiro atoms. The molecule has 0 unspecified atom stereocenters. The van der Waals surface area contributed by atoms with Crippen LogP contribution in [0.25, 0.3) is 6.08 Å². The van der Waals surface area contributed by atoms with E-state index in [4.69, 9.17) is 14.2 Å². The zero-order chi connectivity index (χ0) is 23.5. The standard InChI is InChI=1S/C27H27NO5/c1-3-31-25-18-22(27(30)32-4-2)13-16-24(25)28-26(29)17-12-20-10-14-23(15-11-20)33-19-21-8-6-5-7-9-21/h5-18H,3-4,19H2,1-2H3,(H,28,29)/b17-12+. The Hall–Kier alpha value is -4.06. The molecule has 0 saturated heterocycles. The largest absolute Gasteiger partial charge is 0.492 e. The monoisotopic (exact) mass is 445 g/mol. The second-order valence-electron chi connectivity index (χ2n) is 7.03. The first kappa shape index (κ1) is 23.6. The maximum absolute atomic E-state index is 12.4. The van der Waals surface area contributed by atoms with Crippen molar-refractivity contribution in [3.8, 4) is 11.5 Å². The highest BCUT2D eigenvalue weighted by molar-refractivity contribution is 6.03. The lowest BCUT2D eigenvalue weighted by Crippen LogP contribution is -2.11. The number of carbonyl (C=O) groups excluding carboxylic acids is 2. The molecule has 0 radical (unpaired) electrons. The molecule has 0 fully saturated rings. The van der Waals surface area contributed by atoms with Gasteiger partial charge >= 0.3 is 5.97 Å². The Bertz CT molecular complexity index is 1090. The fraction of sp³-hybridized carbons (Fsp3) is 0.185. The quantitative estimate of drug-likeness (QED) is 0.330. The molecular weight excluding hydrogens is 418 g/mol. The van der Waals surface area contributed by atoms with E-state index in [9.17, 15) is 9.59 Å². The fourth-order valence-electron chi connectivity index (χ4n) is 3.00. The second kappa shape index (κ2) is 12.1. The minimum absolute atomic E-state index is 0.284. The van der Waals surface area contributed by atoms with Gasteiger partial charge in [-0.2, -0.15) is 0 Å². The van der Waals surface area contributed by atoms with Crippen LogP contribution in [0, 0.1) is 0 Å². The van der Waals surface area contributed by atoms with Crippen LogP contribution >= 0.6 is 0 Å². The summed E-state index contributed by atoms with van der Waals surface area (Å²) in [6.45, 7) is 4.74. The summed E-state index contributed by atoms with van der Waals surface area (Å²) in [4.78, 5) is 24.4. The average molecular weight is 446 g/mol. The maximum Gasteiger partial charge on any atom is 0.338 e. The molecule has 0 atom stereocenters. The average Bonchev–Trinajstić information content (AvgIpc) is 2.84. The van der Waals surface area contributed by atoms with Crippen molar-refractivity contribution < 1.29 is 23.8 Å². The molecule has 6 nitrogen and oxygen atoms in total. The van der Waals surface area contributed by atoms with Gasteiger partial charge in [0.1, 0.15) is 18.1 Å². The Labute approximate surface area is 193 Å². The summed E-state index contributed by atoms with van der Waals surface area (Å²) in [7, 11) is 0. The van der Waals surface area contributed by atoms with Crippen LogP contribution in [0.15, 0.2) is 78.9 Å². The number of amides is 1. The number of rotatable bonds is 10. The predicted molar refractivity (Wildman–Crippen MR) is 128 cm³/mol. The summed E-state index contributed by atoms with van der Waals surface area (Å²) in [6, 6.07) is 22.2. The first-order valence-electron chi connectivity index (χ1n) is 10.8. The highest BCUT2D eigenvalue weighted by atomic mass is 16.5. The van der Waals surface area contributed by atoms with E-state index in [-0.39, 0.29) is 12.5 Å². The fourth-order valence-corrected chi connectivity index (χ4v) is 3.00. The Morgan fingerprint density at radius 2 is 1.64 bits per heavy atom. The van der Waals surface area contributed by atoms with Crippen molar-refractivity contribution in [2.45, 2.75) is 20.5 Å². The van der Waals surface area contributed by atoms with E-state index in [1.54, 1.807) is 31.2 Å². The second-order valence-corrected chi connectivity index (χ2v) is 7.03. The molecule has 1 N–H and O–H groups in total. The third kappa shape index (κ3) is 7.25. The topological polar surface area (TPSA) is 73.9 Å². The van der Waals surface area contributed by atoms with Crippen LogP contribution in [0.1, 0.15) is 35.3 Å². The highest BCUT2D eigenvalue weighted by Crippen LogP contribution is 2.26. The van der Waals surface area contributed by atoms with Gasteiger partial charge < -0.3 is 19.5 Å². The summed E-state index contributed by atoms with van der Waals surface area (Å²) in [5.74, 6) is 0.407. The third-order valence-corrected chi connectivity index (χ3v) is 4.61. The zero-order valence-corrected chi connectivity index (χ0v) is 18.7. The molecule has 0 aliphatic rings. The molecule has 6 heteroatoms. The Balaban J connectivity index is 1.59. The van der Waals surface area contributed by atoms with Gasteiger partial charge in [-0.15, -0.1) is 0 Å². The Morgan fingerprint density at radius 1 is 0.879 bits per heavy atom. The van der Waals surface area contributed by atoms with E-state index < -0.39 is 5.97 Å². The molecule has 0 aliphatic carbocycles. The molecule has 0 heterocycles. The molecule has 0 bridgehead atoms. The van der Waals surface area contributed by atoms with Crippen LogP contribution in [0.3, 0.4) is 0 Å². The van der Waals surface area contributed by atoms with E-state index in [1.165, 1.54) is 6.08 Å². The summed E-state index contributed by atoms with van der Waals surface area (Å²) in [5, 5.41) is 2.79. The van der Waals surface area contributed by atoms with E-state index in [0.717, 1.165) is 16.9 Å². The number of hydrogen-bond acceptors (Lipinski definition) is 5. The zero-order valence-electron chi connectivity index (χ0n) is 18.7. The van der Waals surface area contributed by atoms with Crippen molar-refractivity contribution in [1.29, 1.82) is 0 Å². The van der Waals surface area contributed by atoms with Crippen LogP contribution in [-0.2, 0) is 16.1 Å². The third-order valence-electron chi connectivity index (χ3n) is 4.61. The smallest absolute Gasteiger partial charge is 0.338 e. The van der Waals surface area contributed by atoms with Gasteiger partial charge in [0.2, 0.25) is 5.91 Å². The lowest BCUT2D eigenvalue weighted by molar-refractivity contribution is -0.111. The summed E-state index contributed by atoms with van der Waals surface area (Å²) >= 11 is 0. The predicted octanol–water partition coefficient (Wildman–Crippen LogP) is 5.49. The van der Waals surface area contributed by atoms with Crippen molar-refractivity contribution >= 4 is 23.6 Å². The van der Waals surface area contributed by atoms with Gasteiger partial charge in [-0.3, -0.25) is 4.79 Å². The lowest BCUT2D eigenvalue weighted by Gasteiger charge is -2.12. The Kier molecular flexibility index (Phi) is 8.65. The summed E-state index contributed by atoms with van der Waals surface area (Å²) < 4.78 is 16.4. The number of benzene rings is 3. The van der Waals surface area contributed by atoms with Gasteiger partial charge in [0.25, 0.3) is 0 Å². The molecule has 3 rings (SSSR count). The molecule has 0 aliphatic heterocycles. The minimum atomic E-state index is -0.438. The van der Waals surface area contributed by atoms with Crippen LogP contribution in [-0.4, -0.2) is 25.1 Å². The van der Waals surface area contributed by atoms with Gasteiger partial charge in [-0.25, -0.2) is 4.79 Å². The number of carbonyl (C=O) groups is 2. The first-order chi connectivity index (χ1) is 16.1. The first-order valence-corrected chi connectivity index (χ1v) is 10.8. The van der Waals surface area contributed by atoms with Gasteiger partial charge in [0.15, 0.2) is 0 Å². The molecule has 170 valence electrons. The van der Waals surface area contributed by atoms with Crippen molar-refractivity contribution in [1.82, 2.24) is 0 Å². The van der Waals surface area contributed by atoms with Crippen molar-refractivity contribution in [2.24, 2.45) is 0 Å². The molecule has 0 aromatic heterocycles. The van der Waals surface area contributed by atoms with Crippen LogP contribution in [0.4, 0.5) is 5.69 Å². The van der Waals surface area contributed by atoms with Crippen molar-refractivity contribution in [3.05, 3.63) is 95.6 Å². The van der Waals surface area contributed by atoms with Crippen molar-refractivity contribution in [2.75, 3.05) is 18.5 Å². The molecule has 3 aromatic carbocycles. The van der Waals surface area contributed by atoms with Gasteiger partial charge in [-0.1, -0.05) is 42.5 Å². The number of anilines is 1. The van der Waals surface area contributed by atoms with Gasteiger partial charge in [-0.05, 0) is 61.4 Å². The van der Waals surface area contributed by atoms with Crippen LogP contribution in [0.2, 0.25) is 0 Å². The molecule has 0 saturated carbocycles. The van der Waals surface area contributed by atoms with Crippen LogP contribution < -0.4 is 14.8 Å². The van der Waals surface area contributed by atoms with Gasteiger partial charge in [0, 0.05) is 6.08 Å². The molecule has 3 aromatic rings.